The Morgan fingerprint density at radius 2 is 1.75 bits per heavy atom. The third-order valence-corrected chi connectivity index (χ3v) is 5.26. The van der Waals surface area contributed by atoms with Crippen molar-refractivity contribution in [2.24, 2.45) is 0 Å². The molecule has 3 aromatic rings. The van der Waals surface area contributed by atoms with Gasteiger partial charge in [0.05, 0.1) is 4.92 Å². The third kappa shape index (κ3) is 4.73. The molecule has 1 N–H and O–H groups in total. The summed E-state index contributed by atoms with van der Waals surface area (Å²) >= 11 is 0. The fourth-order valence-electron chi connectivity index (χ4n) is 3.69. The number of anilines is 2. The first kappa shape index (κ1) is 21.0. The number of hydrogen-bond donors (Lipinski definition) is 1. The van der Waals surface area contributed by atoms with Gasteiger partial charge in [0.15, 0.2) is 0 Å². The van der Waals surface area contributed by atoms with Crippen LogP contribution in [-0.4, -0.2) is 23.3 Å². The lowest BCUT2D eigenvalue weighted by molar-refractivity contribution is -0.384. The molecule has 4 rings (SSSR count). The van der Waals surface area contributed by atoms with Gasteiger partial charge in [-0.1, -0.05) is 18.2 Å². The van der Waals surface area contributed by atoms with Crippen LogP contribution in [-0.2, 0) is 11.2 Å². The van der Waals surface area contributed by atoms with Crippen LogP contribution >= 0.6 is 0 Å². The lowest BCUT2D eigenvalue weighted by Crippen LogP contribution is -2.35. The van der Waals surface area contributed by atoms with Crippen LogP contribution in [0, 0.1) is 10.1 Å². The fourth-order valence-corrected chi connectivity index (χ4v) is 3.69. The Hall–Kier alpha value is -4.26. The molecule has 32 heavy (non-hydrogen) atoms. The number of non-ortho nitro benzene ring substituents is 1. The van der Waals surface area contributed by atoms with Crippen LogP contribution in [0.25, 0.3) is 6.08 Å². The predicted molar refractivity (Wildman–Crippen MR) is 124 cm³/mol. The number of nitro groups is 1. The normalized spacial score (nSPS) is 12.9. The van der Waals surface area contributed by atoms with E-state index in [1.54, 1.807) is 29.2 Å². The average Bonchev–Trinajstić information content (AvgIpc) is 2.82. The van der Waals surface area contributed by atoms with Gasteiger partial charge in [-0.05, 0) is 72.5 Å². The van der Waals surface area contributed by atoms with Crippen LogP contribution in [0.4, 0.5) is 17.1 Å². The van der Waals surface area contributed by atoms with E-state index in [2.05, 4.69) is 5.32 Å². The summed E-state index contributed by atoms with van der Waals surface area (Å²) in [7, 11) is 0. The molecule has 2 amide bonds. The van der Waals surface area contributed by atoms with Crippen molar-refractivity contribution in [1.29, 1.82) is 0 Å². The molecule has 1 aliphatic heterocycles. The maximum absolute atomic E-state index is 12.9. The van der Waals surface area contributed by atoms with Gasteiger partial charge in [-0.3, -0.25) is 19.7 Å². The van der Waals surface area contributed by atoms with E-state index in [-0.39, 0.29) is 17.5 Å². The van der Waals surface area contributed by atoms with Crippen molar-refractivity contribution in [1.82, 2.24) is 0 Å². The topological polar surface area (TPSA) is 92.5 Å². The number of carbonyl (C=O) groups is 2. The first-order valence-electron chi connectivity index (χ1n) is 10.2. The highest BCUT2D eigenvalue weighted by atomic mass is 16.6. The number of hydrogen-bond acceptors (Lipinski definition) is 4. The SMILES string of the molecule is O=C(/C=C/c1ccc([N+](=O)[O-])cc1)Nc1ccc2c(c1)CCCN2C(=O)c1ccccc1. The number of nitrogens with zero attached hydrogens (tertiary/aromatic N) is 2. The molecule has 0 radical (unpaired) electrons. The first-order valence-corrected chi connectivity index (χ1v) is 10.2. The predicted octanol–water partition coefficient (Wildman–Crippen LogP) is 4.84. The fraction of sp³-hybridized carbons (Fsp3) is 0.120. The maximum atomic E-state index is 12.9. The van der Waals surface area contributed by atoms with Gasteiger partial charge in [0, 0.05) is 41.7 Å². The molecule has 0 bridgehead atoms. The van der Waals surface area contributed by atoms with Gasteiger partial charge in [-0.15, -0.1) is 0 Å². The van der Waals surface area contributed by atoms with E-state index in [1.165, 1.54) is 18.2 Å². The van der Waals surface area contributed by atoms with Crippen molar-refractivity contribution in [3.05, 3.63) is 106 Å². The van der Waals surface area contributed by atoms with Crippen molar-refractivity contribution in [3.63, 3.8) is 0 Å². The van der Waals surface area contributed by atoms with Crippen molar-refractivity contribution >= 4 is 35.0 Å². The summed E-state index contributed by atoms with van der Waals surface area (Å²) in [5.41, 5.74) is 3.86. The van der Waals surface area contributed by atoms with Crippen molar-refractivity contribution in [3.8, 4) is 0 Å². The third-order valence-electron chi connectivity index (χ3n) is 5.26. The molecule has 160 valence electrons. The number of amides is 2. The highest BCUT2D eigenvalue weighted by Crippen LogP contribution is 2.31. The number of nitro benzene ring substituents is 1. The molecule has 0 saturated heterocycles. The summed E-state index contributed by atoms with van der Waals surface area (Å²) in [5.74, 6) is -0.342. The molecule has 0 unspecified atom stereocenters. The van der Waals surface area contributed by atoms with Crippen LogP contribution in [0.15, 0.2) is 78.9 Å². The van der Waals surface area contributed by atoms with Crippen LogP contribution in [0.2, 0.25) is 0 Å². The molecule has 0 atom stereocenters. The Balaban J connectivity index is 1.45. The largest absolute Gasteiger partial charge is 0.323 e. The molecule has 7 heteroatoms. The van der Waals surface area contributed by atoms with Crippen LogP contribution in [0.3, 0.4) is 0 Å². The molecule has 3 aromatic carbocycles. The molecular formula is C25H21N3O4. The van der Waals surface area contributed by atoms with Crippen LogP contribution in [0.1, 0.15) is 27.9 Å². The molecule has 0 spiro atoms. The summed E-state index contributed by atoms with van der Waals surface area (Å²) in [6.07, 6.45) is 4.66. The lowest BCUT2D eigenvalue weighted by atomic mass is 10.00. The number of nitrogens with one attached hydrogen (secondary N) is 1. The first-order chi connectivity index (χ1) is 15.5. The molecular weight excluding hydrogens is 406 g/mol. The van der Waals surface area contributed by atoms with Gasteiger partial charge in [0.1, 0.15) is 0 Å². The van der Waals surface area contributed by atoms with Gasteiger partial charge >= 0.3 is 0 Å². The van der Waals surface area contributed by atoms with Gasteiger partial charge in [0.25, 0.3) is 11.6 Å². The lowest BCUT2D eigenvalue weighted by Gasteiger charge is -2.30. The monoisotopic (exact) mass is 427 g/mol. The number of aryl methyl sites for hydroxylation is 1. The summed E-state index contributed by atoms with van der Waals surface area (Å²) in [6.45, 7) is 0.657. The van der Waals surface area contributed by atoms with E-state index in [9.17, 15) is 19.7 Å². The zero-order chi connectivity index (χ0) is 22.5. The summed E-state index contributed by atoms with van der Waals surface area (Å²) in [5, 5.41) is 13.5. The van der Waals surface area contributed by atoms with E-state index < -0.39 is 4.92 Å². The Kier molecular flexibility index (Phi) is 6.07. The quantitative estimate of drug-likeness (QED) is 0.358. The van der Waals surface area contributed by atoms with E-state index in [1.807, 2.05) is 42.5 Å². The van der Waals surface area contributed by atoms with E-state index in [4.69, 9.17) is 0 Å². The van der Waals surface area contributed by atoms with Crippen molar-refractivity contribution in [2.45, 2.75) is 12.8 Å². The van der Waals surface area contributed by atoms with E-state index in [0.29, 0.717) is 23.4 Å². The van der Waals surface area contributed by atoms with Gasteiger partial charge in [0.2, 0.25) is 5.91 Å². The van der Waals surface area contributed by atoms with E-state index >= 15 is 0 Å². The minimum absolute atomic E-state index is 0.000417. The zero-order valence-corrected chi connectivity index (χ0v) is 17.2. The number of fused-ring (bicyclic) bond motifs is 1. The van der Waals surface area contributed by atoms with Gasteiger partial charge in [-0.25, -0.2) is 0 Å². The average molecular weight is 427 g/mol. The molecule has 1 heterocycles. The van der Waals surface area contributed by atoms with Crippen LogP contribution < -0.4 is 10.2 Å². The zero-order valence-electron chi connectivity index (χ0n) is 17.2. The highest BCUT2D eigenvalue weighted by molar-refractivity contribution is 6.07. The number of rotatable bonds is 5. The van der Waals surface area contributed by atoms with Crippen LogP contribution in [0.5, 0.6) is 0 Å². The van der Waals surface area contributed by atoms with E-state index in [0.717, 1.165) is 24.1 Å². The molecule has 7 nitrogen and oxygen atoms in total. The molecule has 1 aliphatic rings. The molecule has 0 aromatic heterocycles. The highest BCUT2D eigenvalue weighted by Gasteiger charge is 2.23. The maximum Gasteiger partial charge on any atom is 0.269 e. The molecule has 0 saturated carbocycles. The summed E-state index contributed by atoms with van der Waals surface area (Å²) in [6, 6.07) is 20.7. The second-order valence-corrected chi connectivity index (χ2v) is 7.44. The standard InChI is InChI=1S/C25H21N3O4/c29-24(15-10-18-8-12-22(13-9-18)28(31)32)26-21-11-14-23-20(17-21)7-4-16-27(23)25(30)19-5-2-1-3-6-19/h1-3,5-6,8-15,17H,4,7,16H2,(H,26,29)/b15-10+. The summed E-state index contributed by atoms with van der Waals surface area (Å²) < 4.78 is 0. The summed E-state index contributed by atoms with van der Waals surface area (Å²) in [4.78, 5) is 37.3. The van der Waals surface area contributed by atoms with Gasteiger partial charge in [-0.2, -0.15) is 0 Å². The van der Waals surface area contributed by atoms with Crippen molar-refractivity contribution in [2.75, 3.05) is 16.8 Å². The Morgan fingerprint density at radius 1 is 1.00 bits per heavy atom. The second-order valence-electron chi connectivity index (χ2n) is 7.44. The minimum atomic E-state index is -0.467. The van der Waals surface area contributed by atoms with Gasteiger partial charge < -0.3 is 10.2 Å². The second kappa shape index (κ2) is 9.26. The molecule has 0 aliphatic carbocycles. The van der Waals surface area contributed by atoms with Crippen molar-refractivity contribution < 1.29 is 14.5 Å². The Morgan fingerprint density at radius 3 is 2.47 bits per heavy atom. The number of carbonyl (C=O) groups excluding carboxylic acids is 2. The minimum Gasteiger partial charge on any atom is -0.323 e. The Bertz CT molecular complexity index is 1190. The Labute approximate surface area is 185 Å². The molecule has 0 fully saturated rings. The number of benzene rings is 3. The smallest absolute Gasteiger partial charge is 0.269 e.